The maximum Gasteiger partial charge on any atom is 0.257 e. The molecule has 1 aromatic heterocycles. The van der Waals surface area contributed by atoms with Gasteiger partial charge in [-0.1, -0.05) is 30.3 Å². The molecular weight excluding hydrogens is 250 g/mol. The lowest BCUT2D eigenvalue weighted by Gasteiger charge is -2.22. The quantitative estimate of drug-likeness (QED) is 0.855. The Labute approximate surface area is 119 Å². The Morgan fingerprint density at radius 1 is 1.35 bits per heavy atom. The molecule has 4 nitrogen and oxygen atoms in total. The zero-order chi connectivity index (χ0) is 14.1. The van der Waals surface area contributed by atoms with E-state index in [1.54, 1.807) is 10.9 Å². The van der Waals surface area contributed by atoms with Crippen LogP contribution in [0.15, 0.2) is 36.5 Å². The third-order valence-corrected chi connectivity index (χ3v) is 3.91. The topological polar surface area (TPSA) is 38.1 Å². The van der Waals surface area contributed by atoms with E-state index in [-0.39, 0.29) is 5.91 Å². The van der Waals surface area contributed by atoms with Crippen LogP contribution in [0.3, 0.4) is 0 Å². The van der Waals surface area contributed by atoms with Crippen LogP contribution in [0, 0.1) is 6.92 Å². The highest BCUT2D eigenvalue weighted by molar-refractivity contribution is 5.95. The van der Waals surface area contributed by atoms with Crippen molar-refractivity contribution in [3.8, 4) is 0 Å². The van der Waals surface area contributed by atoms with Crippen molar-refractivity contribution in [1.82, 2.24) is 14.7 Å². The molecule has 1 aliphatic carbocycles. The first kappa shape index (κ1) is 12.9. The fourth-order valence-corrected chi connectivity index (χ4v) is 2.40. The SMILES string of the molecule is Cc1c(C(=O)N(Cc2ccccc2)C2CC2)cnn1C. The monoisotopic (exact) mass is 269 g/mol. The van der Waals surface area contributed by atoms with Gasteiger partial charge in [-0.2, -0.15) is 5.10 Å². The fourth-order valence-electron chi connectivity index (χ4n) is 2.40. The second-order valence-corrected chi connectivity index (χ2v) is 5.42. The summed E-state index contributed by atoms with van der Waals surface area (Å²) in [5.74, 6) is 0.0990. The Morgan fingerprint density at radius 2 is 2.05 bits per heavy atom. The molecule has 1 aliphatic rings. The zero-order valence-corrected chi connectivity index (χ0v) is 11.9. The van der Waals surface area contributed by atoms with Gasteiger partial charge >= 0.3 is 0 Å². The molecular formula is C16H19N3O. The molecule has 4 heteroatoms. The van der Waals surface area contributed by atoms with Crippen LogP contribution in [0.1, 0.15) is 34.5 Å². The summed E-state index contributed by atoms with van der Waals surface area (Å²) >= 11 is 0. The van der Waals surface area contributed by atoms with Crippen molar-refractivity contribution in [3.63, 3.8) is 0 Å². The molecule has 1 amide bonds. The molecule has 0 N–H and O–H groups in total. The number of carbonyl (C=O) groups excluding carboxylic acids is 1. The van der Waals surface area contributed by atoms with E-state index in [2.05, 4.69) is 17.2 Å². The van der Waals surface area contributed by atoms with Gasteiger partial charge in [-0.25, -0.2) is 0 Å². The van der Waals surface area contributed by atoms with E-state index in [9.17, 15) is 4.79 Å². The van der Waals surface area contributed by atoms with Crippen LogP contribution < -0.4 is 0 Å². The molecule has 1 aromatic carbocycles. The number of hydrogen-bond acceptors (Lipinski definition) is 2. The molecule has 1 fully saturated rings. The van der Waals surface area contributed by atoms with Crippen molar-refractivity contribution in [1.29, 1.82) is 0 Å². The predicted octanol–water partition coefficient (Wildman–Crippen LogP) is 2.53. The van der Waals surface area contributed by atoms with Gasteiger partial charge in [-0.3, -0.25) is 9.48 Å². The molecule has 0 aliphatic heterocycles. The Morgan fingerprint density at radius 3 is 2.60 bits per heavy atom. The number of nitrogens with zero attached hydrogens (tertiary/aromatic N) is 3. The summed E-state index contributed by atoms with van der Waals surface area (Å²) in [5, 5.41) is 4.18. The number of amides is 1. The van der Waals surface area contributed by atoms with Crippen LogP contribution >= 0.6 is 0 Å². The van der Waals surface area contributed by atoms with E-state index in [1.807, 2.05) is 37.1 Å². The van der Waals surface area contributed by atoms with E-state index in [1.165, 1.54) is 5.56 Å². The summed E-state index contributed by atoms with van der Waals surface area (Å²) < 4.78 is 1.75. The first-order valence-corrected chi connectivity index (χ1v) is 7.00. The van der Waals surface area contributed by atoms with Crippen molar-refractivity contribution in [3.05, 3.63) is 53.3 Å². The highest BCUT2D eigenvalue weighted by atomic mass is 16.2. The smallest absolute Gasteiger partial charge is 0.257 e. The van der Waals surface area contributed by atoms with Gasteiger partial charge in [0.1, 0.15) is 0 Å². The summed E-state index contributed by atoms with van der Waals surface area (Å²) in [6.45, 7) is 2.62. The lowest BCUT2D eigenvalue weighted by molar-refractivity contribution is 0.0729. The minimum atomic E-state index is 0.0990. The van der Waals surface area contributed by atoms with Crippen LogP contribution in [-0.2, 0) is 13.6 Å². The predicted molar refractivity (Wildman–Crippen MR) is 77.3 cm³/mol. The van der Waals surface area contributed by atoms with Crippen LogP contribution in [0.2, 0.25) is 0 Å². The Balaban J connectivity index is 1.84. The molecule has 0 bridgehead atoms. The summed E-state index contributed by atoms with van der Waals surface area (Å²) in [5.41, 5.74) is 2.82. The molecule has 0 atom stereocenters. The highest BCUT2D eigenvalue weighted by Crippen LogP contribution is 2.30. The average Bonchev–Trinajstić information content (AvgIpc) is 3.25. The number of aryl methyl sites for hydroxylation is 1. The molecule has 3 rings (SSSR count). The summed E-state index contributed by atoms with van der Waals surface area (Å²) in [6.07, 6.45) is 3.90. The van der Waals surface area contributed by atoms with Gasteiger partial charge in [0.2, 0.25) is 0 Å². The minimum Gasteiger partial charge on any atom is -0.331 e. The normalized spacial score (nSPS) is 14.3. The first-order valence-electron chi connectivity index (χ1n) is 7.00. The van der Waals surface area contributed by atoms with Gasteiger partial charge in [0.15, 0.2) is 0 Å². The Bertz CT molecular complexity index is 614. The largest absolute Gasteiger partial charge is 0.331 e. The van der Waals surface area contributed by atoms with Crippen LogP contribution in [0.5, 0.6) is 0 Å². The molecule has 0 radical (unpaired) electrons. The number of carbonyl (C=O) groups is 1. The molecule has 104 valence electrons. The molecule has 20 heavy (non-hydrogen) atoms. The van der Waals surface area contributed by atoms with Gasteiger partial charge < -0.3 is 4.90 Å². The fraction of sp³-hybridized carbons (Fsp3) is 0.375. The van der Waals surface area contributed by atoms with Gasteiger partial charge in [-0.05, 0) is 25.3 Å². The van der Waals surface area contributed by atoms with E-state index in [0.717, 1.165) is 24.1 Å². The van der Waals surface area contributed by atoms with Crippen molar-refractivity contribution < 1.29 is 4.79 Å². The second-order valence-electron chi connectivity index (χ2n) is 5.42. The third-order valence-electron chi connectivity index (χ3n) is 3.91. The van der Waals surface area contributed by atoms with Crippen molar-refractivity contribution in [2.75, 3.05) is 0 Å². The summed E-state index contributed by atoms with van der Waals surface area (Å²) in [4.78, 5) is 14.7. The van der Waals surface area contributed by atoms with Crippen molar-refractivity contribution in [2.24, 2.45) is 7.05 Å². The zero-order valence-electron chi connectivity index (χ0n) is 11.9. The van der Waals surface area contributed by atoms with Gasteiger partial charge in [-0.15, -0.1) is 0 Å². The lowest BCUT2D eigenvalue weighted by atomic mass is 10.1. The molecule has 0 unspecified atom stereocenters. The van der Waals surface area contributed by atoms with E-state index < -0.39 is 0 Å². The number of rotatable bonds is 4. The van der Waals surface area contributed by atoms with Gasteiger partial charge in [0, 0.05) is 25.3 Å². The maximum atomic E-state index is 12.7. The van der Waals surface area contributed by atoms with E-state index in [0.29, 0.717) is 12.6 Å². The molecule has 0 spiro atoms. The third kappa shape index (κ3) is 2.46. The van der Waals surface area contributed by atoms with Crippen LogP contribution in [0.4, 0.5) is 0 Å². The number of benzene rings is 1. The maximum absolute atomic E-state index is 12.7. The van der Waals surface area contributed by atoms with Gasteiger partial charge in [0.05, 0.1) is 11.8 Å². The Kier molecular flexibility index (Phi) is 3.30. The number of aromatic nitrogens is 2. The first-order chi connectivity index (χ1) is 9.66. The van der Waals surface area contributed by atoms with Crippen LogP contribution in [0.25, 0.3) is 0 Å². The standard InChI is InChI=1S/C16H19N3O/c1-12-15(10-17-18(12)2)16(20)19(14-8-9-14)11-13-6-4-3-5-7-13/h3-7,10,14H,8-9,11H2,1-2H3. The van der Waals surface area contributed by atoms with E-state index in [4.69, 9.17) is 0 Å². The van der Waals surface area contributed by atoms with E-state index >= 15 is 0 Å². The van der Waals surface area contributed by atoms with Crippen molar-refractivity contribution >= 4 is 5.91 Å². The van der Waals surface area contributed by atoms with Crippen LogP contribution in [-0.4, -0.2) is 26.6 Å². The summed E-state index contributed by atoms with van der Waals surface area (Å²) in [7, 11) is 1.87. The average molecular weight is 269 g/mol. The molecule has 1 heterocycles. The van der Waals surface area contributed by atoms with Crippen molar-refractivity contribution in [2.45, 2.75) is 32.4 Å². The summed E-state index contributed by atoms with van der Waals surface area (Å²) in [6, 6.07) is 10.6. The Hall–Kier alpha value is -2.10. The number of hydrogen-bond donors (Lipinski definition) is 0. The molecule has 1 saturated carbocycles. The van der Waals surface area contributed by atoms with Gasteiger partial charge in [0.25, 0.3) is 5.91 Å². The molecule has 2 aromatic rings. The second kappa shape index (κ2) is 5.12. The minimum absolute atomic E-state index is 0.0990. The highest BCUT2D eigenvalue weighted by Gasteiger charge is 2.34. The lowest BCUT2D eigenvalue weighted by Crippen LogP contribution is -2.32. The molecule has 0 saturated heterocycles.